The number of nitrogens with one attached hydrogen (secondary N) is 1. The number of halogens is 3. The summed E-state index contributed by atoms with van der Waals surface area (Å²) < 4.78 is 39.1. The van der Waals surface area contributed by atoms with Crippen molar-refractivity contribution in [1.82, 2.24) is 9.88 Å². The molecule has 1 unspecified atom stereocenters. The minimum atomic E-state index is -4.37. The molecule has 166 valence electrons. The fourth-order valence-corrected chi connectivity index (χ4v) is 5.12. The molecule has 33 heavy (non-hydrogen) atoms. The van der Waals surface area contributed by atoms with E-state index in [0.29, 0.717) is 18.7 Å². The van der Waals surface area contributed by atoms with Crippen LogP contribution >= 0.6 is 0 Å². The number of H-pyrrole nitrogens is 1. The molecule has 0 radical (unpaired) electrons. The van der Waals surface area contributed by atoms with Gasteiger partial charge in [0.1, 0.15) is 6.17 Å². The summed E-state index contributed by atoms with van der Waals surface area (Å²) in [5.41, 5.74) is 4.65. The number of para-hydroxylation sites is 2. The molecule has 0 aliphatic carbocycles. The van der Waals surface area contributed by atoms with Gasteiger partial charge in [0.2, 0.25) is 0 Å². The van der Waals surface area contributed by atoms with Gasteiger partial charge < -0.3 is 14.8 Å². The van der Waals surface area contributed by atoms with E-state index in [4.69, 9.17) is 0 Å². The standard InChI is InChI=1S/C26H20F3N3O/c27-26(28,29)17-11-9-16(10-12-17)15-32-22-8-4-2-6-20(22)25(33)31-14-13-19-18-5-1-3-7-21(18)30-23(19)24(31)32/h1-12,24,30H,13-15H2. The molecule has 1 amide bonds. The molecule has 2 aliphatic heterocycles. The van der Waals surface area contributed by atoms with Crippen LogP contribution in [-0.2, 0) is 19.1 Å². The number of carbonyl (C=O) groups is 1. The highest BCUT2D eigenvalue weighted by atomic mass is 19.4. The number of aromatic nitrogens is 1. The van der Waals surface area contributed by atoms with Crippen LogP contribution in [0.15, 0.2) is 72.8 Å². The lowest BCUT2D eigenvalue weighted by Gasteiger charge is -2.47. The molecule has 4 aromatic rings. The first kappa shape index (κ1) is 19.9. The van der Waals surface area contributed by atoms with Gasteiger partial charge in [0.25, 0.3) is 5.91 Å². The molecule has 0 saturated heterocycles. The van der Waals surface area contributed by atoms with Gasteiger partial charge >= 0.3 is 6.18 Å². The van der Waals surface area contributed by atoms with Crippen LogP contribution in [0.4, 0.5) is 18.9 Å². The van der Waals surface area contributed by atoms with Crippen molar-refractivity contribution in [2.45, 2.75) is 25.3 Å². The fraction of sp³-hybridized carbons (Fsp3) is 0.192. The molecule has 1 N–H and O–H groups in total. The van der Waals surface area contributed by atoms with Crippen molar-refractivity contribution in [3.05, 3.63) is 101 Å². The molecule has 4 nitrogen and oxygen atoms in total. The summed E-state index contributed by atoms with van der Waals surface area (Å²) in [6, 6.07) is 20.8. The predicted octanol–water partition coefficient (Wildman–Crippen LogP) is 5.90. The maximum absolute atomic E-state index is 13.4. The number of alkyl halides is 3. The van der Waals surface area contributed by atoms with E-state index >= 15 is 0 Å². The second kappa shape index (κ2) is 7.13. The molecule has 3 aromatic carbocycles. The number of rotatable bonds is 2. The average molecular weight is 447 g/mol. The lowest BCUT2D eigenvalue weighted by Crippen LogP contribution is -2.52. The van der Waals surface area contributed by atoms with Crippen molar-refractivity contribution in [1.29, 1.82) is 0 Å². The Labute approximate surface area is 188 Å². The first-order chi connectivity index (χ1) is 15.9. The molecule has 2 aliphatic rings. The lowest BCUT2D eigenvalue weighted by atomic mass is 9.95. The van der Waals surface area contributed by atoms with Crippen molar-refractivity contribution in [3.63, 3.8) is 0 Å². The van der Waals surface area contributed by atoms with Gasteiger partial charge in [-0.15, -0.1) is 0 Å². The summed E-state index contributed by atoms with van der Waals surface area (Å²) in [5.74, 6) is -0.0245. The van der Waals surface area contributed by atoms with E-state index in [1.165, 1.54) is 17.7 Å². The smallest absolute Gasteiger partial charge is 0.355 e. The molecule has 7 heteroatoms. The monoisotopic (exact) mass is 447 g/mol. The maximum atomic E-state index is 13.4. The van der Waals surface area contributed by atoms with Gasteiger partial charge in [-0.3, -0.25) is 4.79 Å². The number of carbonyl (C=O) groups excluding carboxylic acids is 1. The van der Waals surface area contributed by atoms with E-state index in [-0.39, 0.29) is 12.1 Å². The minimum absolute atomic E-state index is 0.0245. The molecular weight excluding hydrogens is 427 g/mol. The Morgan fingerprint density at radius 3 is 2.45 bits per heavy atom. The minimum Gasteiger partial charge on any atom is -0.355 e. The molecule has 1 aromatic heterocycles. The quantitative estimate of drug-likeness (QED) is 0.415. The van der Waals surface area contributed by atoms with E-state index in [2.05, 4.69) is 16.0 Å². The van der Waals surface area contributed by atoms with E-state index in [1.807, 2.05) is 47.4 Å². The predicted molar refractivity (Wildman–Crippen MR) is 120 cm³/mol. The molecule has 6 rings (SSSR count). The van der Waals surface area contributed by atoms with E-state index in [1.54, 1.807) is 0 Å². The summed E-state index contributed by atoms with van der Waals surface area (Å²) in [7, 11) is 0. The third-order valence-electron chi connectivity index (χ3n) is 6.64. The van der Waals surface area contributed by atoms with Crippen LogP contribution in [0.25, 0.3) is 10.9 Å². The molecule has 1 atom stereocenters. The number of hydrogen-bond acceptors (Lipinski definition) is 2. The average Bonchev–Trinajstić information content (AvgIpc) is 3.20. The van der Waals surface area contributed by atoms with Crippen molar-refractivity contribution >= 4 is 22.5 Å². The number of nitrogens with zero attached hydrogens (tertiary/aromatic N) is 2. The van der Waals surface area contributed by atoms with Gasteiger partial charge in [0.05, 0.1) is 22.5 Å². The molecule has 0 spiro atoms. The summed E-state index contributed by atoms with van der Waals surface area (Å²) in [4.78, 5) is 20.9. The number of fused-ring (bicyclic) bond motifs is 6. The van der Waals surface area contributed by atoms with Crippen LogP contribution in [0.2, 0.25) is 0 Å². The van der Waals surface area contributed by atoms with E-state index < -0.39 is 11.7 Å². The third-order valence-corrected chi connectivity index (χ3v) is 6.64. The van der Waals surface area contributed by atoms with Crippen LogP contribution in [0.1, 0.15) is 38.9 Å². The van der Waals surface area contributed by atoms with Crippen LogP contribution in [0.5, 0.6) is 0 Å². The number of amides is 1. The van der Waals surface area contributed by atoms with E-state index in [0.717, 1.165) is 46.4 Å². The van der Waals surface area contributed by atoms with Crippen LogP contribution in [-0.4, -0.2) is 22.3 Å². The molecule has 0 saturated carbocycles. The second-order valence-electron chi connectivity index (χ2n) is 8.52. The zero-order valence-corrected chi connectivity index (χ0v) is 17.6. The number of benzene rings is 3. The summed E-state index contributed by atoms with van der Waals surface area (Å²) in [6.45, 7) is 0.953. The Hall–Kier alpha value is -3.74. The largest absolute Gasteiger partial charge is 0.416 e. The van der Waals surface area contributed by atoms with Gasteiger partial charge in [-0.2, -0.15) is 13.2 Å². The van der Waals surface area contributed by atoms with Gasteiger partial charge in [-0.1, -0.05) is 42.5 Å². The Balaban J connectivity index is 1.48. The zero-order chi connectivity index (χ0) is 22.7. The van der Waals surface area contributed by atoms with Crippen molar-refractivity contribution < 1.29 is 18.0 Å². The summed E-state index contributed by atoms with van der Waals surface area (Å²) in [5, 5.41) is 1.15. The Bertz CT molecular complexity index is 1370. The molecule has 0 fully saturated rings. The zero-order valence-electron chi connectivity index (χ0n) is 17.6. The second-order valence-corrected chi connectivity index (χ2v) is 8.52. The van der Waals surface area contributed by atoms with Crippen LogP contribution in [0.3, 0.4) is 0 Å². The first-order valence-electron chi connectivity index (χ1n) is 10.8. The normalized spacial score (nSPS) is 17.7. The van der Waals surface area contributed by atoms with Crippen molar-refractivity contribution in [3.8, 4) is 0 Å². The fourth-order valence-electron chi connectivity index (χ4n) is 5.12. The van der Waals surface area contributed by atoms with Gasteiger partial charge in [-0.05, 0) is 47.9 Å². The highest BCUT2D eigenvalue weighted by Crippen LogP contribution is 2.44. The number of hydrogen-bond donors (Lipinski definition) is 1. The highest BCUT2D eigenvalue weighted by molar-refractivity contribution is 6.02. The van der Waals surface area contributed by atoms with Crippen LogP contribution < -0.4 is 4.90 Å². The van der Waals surface area contributed by atoms with E-state index in [9.17, 15) is 18.0 Å². The van der Waals surface area contributed by atoms with Gasteiger partial charge in [-0.25, -0.2) is 0 Å². The summed E-state index contributed by atoms with van der Waals surface area (Å²) in [6.07, 6.45) is -3.98. The molecular formula is C26H20F3N3O. The van der Waals surface area contributed by atoms with Gasteiger partial charge in [0.15, 0.2) is 0 Å². The molecule has 3 heterocycles. The third kappa shape index (κ3) is 3.10. The van der Waals surface area contributed by atoms with Gasteiger partial charge in [0, 0.05) is 24.0 Å². The Morgan fingerprint density at radius 2 is 1.67 bits per heavy atom. The van der Waals surface area contributed by atoms with Crippen LogP contribution in [0, 0.1) is 0 Å². The topological polar surface area (TPSA) is 39.3 Å². The number of anilines is 1. The SMILES string of the molecule is O=C1c2ccccc2N(Cc2ccc(C(F)(F)F)cc2)C2c3[nH]c4ccccc4c3CCN12. The maximum Gasteiger partial charge on any atom is 0.416 e. The van der Waals surface area contributed by atoms with Crippen molar-refractivity contribution in [2.24, 2.45) is 0 Å². The van der Waals surface area contributed by atoms with Crippen molar-refractivity contribution in [2.75, 3.05) is 11.4 Å². The Kier molecular flexibility index (Phi) is 4.30. The lowest BCUT2D eigenvalue weighted by molar-refractivity contribution is -0.137. The summed E-state index contributed by atoms with van der Waals surface area (Å²) >= 11 is 0. The Morgan fingerprint density at radius 1 is 0.939 bits per heavy atom. The molecule has 0 bridgehead atoms. The first-order valence-corrected chi connectivity index (χ1v) is 10.8. The number of aromatic amines is 1. The highest BCUT2D eigenvalue weighted by Gasteiger charge is 2.42.